The third-order valence-electron chi connectivity index (χ3n) is 4.43. The average Bonchev–Trinajstić information content (AvgIpc) is 3.31. The Labute approximate surface area is 173 Å². The fourth-order valence-electron chi connectivity index (χ4n) is 3.16. The maximum Gasteiger partial charge on any atom is 0.408 e. The zero-order valence-electron chi connectivity index (χ0n) is 17.3. The Kier molecular flexibility index (Phi) is 5.99. The summed E-state index contributed by atoms with van der Waals surface area (Å²) in [5.41, 5.74) is 0.820. The summed E-state index contributed by atoms with van der Waals surface area (Å²) in [6.07, 6.45) is -0.340. The zero-order chi connectivity index (χ0) is 21.9. The number of H-pyrrole nitrogens is 1. The minimum Gasteiger partial charge on any atom is -0.444 e. The largest absolute Gasteiger partial charge is 0.444 e. The first-order valence-electron chi connectivity index (χ1n) is 9.56. The molecule has 11 nitrogen and oxygen atoms in total. The molecule has 3 amide bonds. The molecule has 2 atom stereocenters. The lowest BCUT2D eigenvalue weighted by Crippen LogP contribution is -2.54. The predicted octanol–water partition coefficient (Wildman–Crippen LogP) is 0.687. The van der Waals surface area contributed by atoms with Gasteiger partial charge >= 0.3 is 6.09 Å². The highest BCUT2D eigenvalue weighted by Gasteiger charge is 2.40. The van der Waals surface area contributed by atoms with Gasteiger partial charge in [0.1, 0.15) is 17.7 Å². The number of carbonyl (C=O) groups excluding carboxylic acids is 3. The Hall–Kier alpha value is -3.50. The summed E-state index contributed by atoms with van der Waals surface area (Å²) in [6, 6.07) is 5.64. The van der Waals surface area contributed by atoms with E-state index in [0.717, 1.165) is 5.56 Å². The summed E-state index contributed by atoms with van der Waals surface area (Å²) >= 11 is 0. The van der Waals surface area contributed by atoms with Crippen LogP contribution in [0.3, 0.4) is 0 Å². The Bertz CT molecular complexity index is 923. The van der Waals surface area contributed by atoms with Crippen molar-refractivity contribution in [2.45, 2.75) is 58.3 Å². The van der Waals surface area contributed by atoms with Crippen molar-refractivity contribution in [1.29, 1.82) is 0 Å². The van der Waals surface area contributed by atoms with Crippen LogP contribution in [-0.4, -0.2) is 56.2 Å². The highest BCUT2D eigenvalue weighted by atomic mass is 16.6. The molecule has 30 heavy (non-hydrogen) atoms. The van der Waals surface area contributed by atoms with Crippen LogP contribution >= 0.6 is 0 Å². The third kappa shape index (κ3) is 4.91. The van der Waals surface area contributed by atoms with Crippen LogP contribution in [0.25, 0.3) is 0 Å². The number of carbonyl (C=O) groups is 3. The number of aromatic nitrogens is 4. The van der Waals surface area contributed by atoms with Crippen molar-refractivity contribution in [1.82, 2.24) is 31.3 Å². The van der Waals surface area contributed by atoms with Crippen LogP contribution in [0.15, 0.2) is 24.3 Å². The monoisotopic (exact) mass is 415 g/mol. The summed E-state index contributed by atoms with van der Waals surface area (Å²) in [4.78, 5) is 39.5. The molecule has 0 saturated carbocycles. The number of aromatic amines is 1. The molecule has 160 valence electrons. The Morgan fingerprint density at radius 1 is 1.30 bits per heavy atom. The van der Waals surface area contributed by atoms with Gasteiger partial charge in [-0.3, -0.25) is 14.5 Å². The second-order valence-electron chi connectivity index (χ2n) is 7.97. The van der Waals surface area contributed by atoms with Gasteiger partial charge in [-0.15, -0.1) is 10.2 Å². The summed E-state index contributed by atoms with van der Waals surface area (Å²) in [5, 5.41) is 18.6. The molecule has 0 fully saturated rings. The van der Waals surface area contributed by atoms with Gasteiger partial charge in [-0.25, -0.2) is 4.79 Å². The molecule has 1 aromatic carbocycles. The molecule has 3 rings (SSSR count). The normalized spacial score (nSPS) is 16.5. The maximum atomic E-state index is 13.2. The van der Waals surface area contributed by atoms with Crippen molar-refractivity contribution in [2.75, 3.05) is 4.90 Å². The van der Waals surface area contributed by atoms with E-state index in [4.69, 9.17) is 4.74 Å². The summed E-state index contributed by atoms with van der Waals surface area (Å²) in [6.45, 7) is 6.84. The Morgan fingerprint density at radius 3 is 2.70 bits per heavy atom. The number of anilines is 1. The van der Waals surface area contributed by atoms with E-state index in [1.807, 2.05) is 12.1 Å². The second-order valence-corrected chi connectivity index (χ2v) is 7.97. The highest BCUT2D eigenvalue weighted by Crippen LogP contribution is 2.32. The van der Waals surface area contributed by atoms with Crippen LogP contribution in [0.5, 0.6) is 0 Å². The molecule has 3 N–H and O–H groups in total. The minimum absolute atomic E-state index is 0.0793. The first-order chi connectivity index (χ1) is 14.2. The molecule has 0 saturated heterocycles. The van der Waals surface area contributed by atoms with E-state index in [1.165, 1.54) is 4.90 Å². The predicted molar refractivity (Wildman–Crippen MR) is 106 cm³/mol. The number of rotatable bonds is 5. The van der Waals surface area contributed by atoms with Crippen LogP contribution in [0, 0.1) is 0 Å². The molecule has 0 unspecified atom stereocenters. The van der Waals surface area contributed by atoms with Crippen LogP contribution in [0.1, 0.15) is 39.1 Å². The molecule has 2 heterocycles. The van der Waals surface area contributed by atoms with Gasteiger partial charge in [0, 0.05) is 12.1 Å². The van der Waals surface area contributed by atoms with E-state index in [2.05, 4.69) is 31.3 Å². The Morgan fingerprint density at radius 2 is 2.03 bits per heavy atom. The van der Waals surface area contributed by atoms with E-state index >= 15 is 0 Å². The summed E-state index contributed by atoms with van der Waals surface area (Å²) < 4.78 is 5.22. The number of alkyl carbamates (subject to hydrolysis) is 1. The highest BCUT2D eigenvalue weighted by molar-refractivity contribution is 6.06. The minimum atomic E-state index is -0.890. The van der Waals surface area contributed by atoms with Crippen molar-refractivity contribution >= 4 is 23.6 Å². The number of para-hydroxylation sites is 1. The first-order valence-corrected chi connectivity index (χ1v) is 9.56. The van der Waals surface area contributed by atoms with Gasteiger partial charge < -0.3 is 15.4 Å². The summed E-state index contributed by atoms with van der Waals surface area (Å²) in [7, 11) is 0. The average molecular weight is 415 g/mol. The lowest BCUT2D eigenvalue weighted by Gasteiger charge is -2.28. The van der Waals surface area contributed by atoms with E-state index in [0.29, 0.717) is 17.9 Å². The van der Waals surface area contributed by atoms with Gasteiger partial charge in [-0.05, 0) is 39.3 Å². The van der Waals surface area contributed by atoms with E-state index in [9.17, 15) is 14.4 Å². The molecule has 1 aromatic heterocycles. The molecule has 1 aliphatic rings. The summed E-state index contributed by atoms with van der Waals surface area (Å²) in [5.74, 6) is -0.434. The standard InChI is InChI=1S/C19H25N7O4/c1-11(21-18(29)30-19(2,3)4)17(28)26-13-8-6-5-7-12(13)9-14(26)16(27)20-10-15-22-24-25-23-15/h5-8,11,14H,9-10H2,1-4H3,(H,20,27)(H,21,29)(H,22,23,24,25)/t11-,14-/m0/s1. The number of benzene rings is 1. The number of nitrogens with zero attached hydrogens (tertiary/aromatic N) is 4. The molecule has 2 aromatic rings. The molecule has 0 bridgehead atoms. The number of hydrogen-bond acceptors (Lipinski definition) is 7. The van der Waals surface area contributed by atoms with Crippen LogP contribution in [0.4, 0.5) is 10.5 Å². The first kappa shape index (κ1) is 21.2. The van der Waals surface area contributed by atoms with Gasteiger partial charge in [0.15, 0.2) is 5.82 Å². The van der Waals surface area contributed by atoms with Gasteiger partial charge in [0.05, 0.1) is 6.54 Å². The fourth-order valence-corrected chi connectivity index (χ4v) is 3.16. The molecule has 1 aliphatic heterocycles. The van der Waals surface area contributed by atoms with E-state index in [1.54, 1.807) is 39.8 Å². The van der Waals surface area contributed by atoms with Gasteiger partial charge in [0.25, 0.3) is 0 Å². The number of ether oxygens (including phenoxy) is 1. The van der Waals surface area contributed by atoms with E-state index < -0.39 is 29.7 Å². The quantitative estimate of drug-likeness (QED) is 0.652. The van der Waals surface area contributed by atoms with Gasteiger partial charge in [0.2, 0.25) is 11.8 Å². The SMILES string of the molecule is C[C@H](NC(=O)OC(C)(C)C)C(=O)N1c2ccccc2C[C@H]1C(=O)NCc1nn[nH]n1. The van der Waals surface area contributed by atoms with Crippen molar-refractivity contribution < 1.29 is 19.1 Å². The molecular formula is C19H25N7O4. The number of fused-ring (bicyclic) bond motifs is 1. The van der Waals surface area contributed by atoms with Crippen molar-refractivity contribution in [3.05, 3.63) is 35.7 Å². The van der Waals surface area contributed by atoms with Crippen molar-refractivity contribution in [3.63, 3.8) is 0 Å². The maximum absolute atomic E-state index is 13.2. The topological polar surface area (TPSA) is 142 Å². The molecule has 11 heteroatoms. The molecule has 0 radical (unpaired) electrons. The Balaban J connectivity index is 1.74. The van der Waals surface area contributed by atoms with Gasteiger partial charge in [-0.2, -0.15) is 5.21 Å². The van der Waals surface area contributed by atoms with Crippen LogP contribution in [-0.2, 0) is 27.3 Å². The number of nitrogens with one attached hydrogen (secondary N) is 3. The molecular weight excluding hydrogens is 390 g/mol. The van der Waals surface area contributed by atoms with Crippen molar-refractivity contribution in [3.8, 4) is 0 Å². The lowest BCUT2D eigenvalue weighted by atomic mass is 10.1. The lowest BCUT2D eigenvalue weighted by molar-refractivity contribution is -0.126. The van der Waals surface area contributed by atoms with Gasteiger partial charge in [-0.1, -0.05) is 23.4 Å². The van der Waals surface area contributed by atoms with Crippen LogP contribution < -0.4 is 15.5 Å². The van der Waals surface area contributed by atoms with E-state index in [-0.39, 0.29) is 12.5 Å². The third-order valence-corrected chi connectivity index (χ3v) is 4.43. The zero-order valence-corrected chi connectivity index (χ0v) is 17.3. The molecule has 0 spiro atoms. The smallest absolute Gasteiger partial charge is 0.408 e. The molecule has 0 aliphatic carbocycles. The number of hydrogen-bond donors (Lipinski definition) is 3. The number of amides is 3. The number of tetrazole rings is 1. The fraction of sp³-hybridized carbons (Fsp3) is 0.474. The van der Waals surface area contributed by atoms with Crippen LogP contribution in [0.2, 0.25) is 0 Å². The van der Waals surface area contributed by atoms with Crippen molar-refractivity contribution in [2.24, 2.45) is 0 Å². The second kappa shape index (κ2) is 8.47.